The molecule has 1 rings (SSSR count). The monoisotopic (exact) mass is 231 g/mol. The van der Waals surface area contributed by atoms with Crippen LogP contribution in [-0.4, -0.2) is 27.6 Å². The molecular formula is C9H17N3O2S. The number of aliphatic hydroxyl groups excluding tert-OH is 1. The first-order chi connectivity index (χ1) is 7.13. The highest BCUT2D eigenvalue weighted by molar-refractivity contribution is 7.98. The fourth-order valence-corrected chi connectivity index (χ4v) is 1.83. The van der Waals surface area contributed by atoms with Gasteiger partial charge in [0.1, 0.15) is 6.04 Å². The normalized spacial score (nSPS) is 13.4. The van der Waals surface area contributed by atoms with Crippen molar-refractivity contribution in [3.05, 3.63) is 11.7 Å². The van der Waals surface area contributed by atoms with Gasteiger partial charge in [0.15, 0.2) is 5.82 Å². The predicted octanol–water partition coefficient (Wildman–Crippen LogP) is 0.951. The quantitative estimate of drug-likeness (QED) is 0.758. The van der Waals surface area contributed by atoms with E-state index in [2.05, 4.69) is 24.0 Å². The number of thioether (sulfide) groups is 1. The van der Waals surface area contributed by atoms with E-state index < -0.39 is 6.04 Å². The Labute approximate surface area is 93.4 Å². The van der Waals surface area contributed by atoms with Gasteiger partial charge in [-0.1, -0.05) is 19.0 Å². The molecule has 1 aromatic heterocycles. The second kappa shape index (κ2) is 6.09. The van der Waals surface area contributed by atoms with Crippen molar-refractivity contribution in [1.29, 1.82) is 0 Å². The first kappa shape index (κ1) is 12.5. The van der Waals surface area contributed by atoms with Crippen molar-refractivity contribution < 1.29 is 9.63 Å². The molecule has 1 atom stereocenters. The minimum absolute atomic E-state index is 0.180. The van der Waals surface area contributed by atoms with Gasteiger partial charge in [-0.25, -0.2) is 0 Å². The van der Waals surface area contributed by atoms with Crippen molar-refractivity contribution in [3.8, 4) is 0 Å². The number of nitrogens with two attached hydrogens (primary N) is 1. The van der Waals surface area contributed by atoms with E-state index in [1.165, 1.54) is 0 Å². The van der Waals surface area contributed by atoms with Crippen LogP contribution in [0.15, 0.2) is 4.52 Å². The van der Waals surface area contributed by atoms with E-state index in [-0.39, 0.29) is 6.61 Å². The molecule has 15 heavy (non-hydrogen) atoms. The molecule has 0 bridgehead atoms. The van der Waals surface area contributed by atoms with Crippen molar-refractivity contribution in [1.82, 2.24) is 10.1 Å². The molecule has 0 saturated heterocycles. The number of hydrogen-bond donors (Lipinski definition) is 2. The largest absolute Gasteiger partial charge is 0.394 e. The van der Waals surface area contributed by atoms with Gasteiger partial charge in [0, 0.05) is 0 Å². The van der Waals surface area contributed by atoms with Gasteiger partial charge in [0.05, 0.1) is 12.4 Å². The average molecular weight is 231 g/mol. The van der Waals surface area contributed by atoms with Crippen LogP contribution >= 0.6 is 11.8 Å². The summed E-state index contributed by atoms with van der Waals surface area (Å²) in [5, 5.41) is 12.6. The van der Waals surface area contributed by atoms with Crippen LogP contribution in [0.25, 0.3) is 0 Å². The van der Waals surface area contributed by atoms with Crippen LogP contribution in [0.1, 0.15) is 31.6 Å². The molecule has 3 N–H and O–H groups in total. The number of aromatic nitrogens is 2. The van der Waals surface area contributed by atoms with Gasteiger partial charge in [0.25, 0.3) is 0 Å². The Balaban J connectivity index is 2.39. The van der Waals surface area contributed by atoms with Crippen molar-refractivity contribution in [2.45, 2.75) is 25.6 Å². The first-order valence-electron chi connectivity index (χ1n) is 4.90. The molecule has 6 heteroatoms. The van der Waals surface area contributed by atoms with Crippen molar-refractivity contribution in [2.24, 2.45) is 11.7 Å². The van der Waals surface area contributed by atoms with Crippen LogP contribution in [0.5, 0.6) is 0 Å². The Morgan fingerprint density at radius 1 is 1.53 bits per heavy atom. The van der Waals surface area contributed by atoms with E-state index >= 15 is 0 Å². The Morgan fingerprint density at radius 2 is 2.27 bits per heavy atom. The maximum atomic E-state index is 8.79. The van der Waals surface area contributed by atoms with Crippen LogP contribution < -0.4 is 5.73 Å². The average Bonchev–Trinajstić information content (AvgIpc) is 2.65. The SMILES string of the molecule is CC(C)CSCc1noc([C@@H](N)CO)n1. The third-order valence-electron chi connectivity index (χ3n) is 1.68. The number of nitrogens with zero attached hydrogens (tertiary/aromatic N) is 2. The van der Waals surface area contributed by atoms with Gasteiger partial charge in [-0.15, -0.1) is 0 Å². The summed E-state index contributed by atoms with van der Waals surface area (Å²) in [4.78, 5) is 4.09. The summed E-state index contributed by atoms with van der Waals surface area (Å²) in [5.74, 6) is 3.38. The highest BCUT2D eigenvalue weighted by Crippen LogP contribution is 2.14. The van der Waals surface area contributed by atoms with E-state index in [9.17, 15) is 0 Å². The van der Waals surface area contributed by atoms with E-state index in [4.69, 9.17) is 15.4 Å². The molecule has 1 aromatic rings. The summed E-state index contributed by atoms with van der Waals surface area (Å²) in [6.07, 6.45) is 0. The molecule has 0 fully saturated rings. The molecule has 0 aromatic carbocycles. The zero-order chi connectivity index (χ0) is 11.3. The first-order valence-corrected chi connectivity index (χ1v) is 6.05. The van der Waals surface area contributed by atoms with Gasteiger partial charge in [-0.3, -0.25) is 0 Å². The summed E-state index contributed by atoms with van der Waals surface area (Å²) in [5.41, 5.74) is 5.53. The molecule has 5 nitrogen and oxygen atoms in total. The Morgan fingerprint density at radius 3 is 2.87 bits per heavy atom. The number of aliphatic hydroxyl groups is 1. The Kier molecular flexibility index (Phi) is 5.07. The lowest BCUT2D eigenvalue weighted by atomic mass is 10.3. The minimum atomic E-state index is -0.568. The lowest BCUT2D eigenvalue weighted by Crippen LogP contribution is -2.14. The maximum absolute atomic E-state index is 8.79. The smallest absolute Gasteiger partial charge is 0.245 e. The molecule has 86 valence electrons. The fraction of sp³-hybridized carbons (Fsp3) is 0.778. The molecule has 0 spiro atoms. The van der Waals surface area contributed by atoms with E-state index in [1.807, 2.05) is 0 Å². The van der Waals surface area contributed by atoms with Crippen LogP contribution in [-0.2, 0) is 5.75 Å². The lowest BCUT2D eigenvalue weighted by molar-refractivity contribution is 0.236. The highest BCUT2D eigenvalue weighted by Gasteiger charge is 2.13. The van der Waals surface area contributed by atoms with E-state index in [0.717, 1.165) is 11.5 Å². The third kappa shape index (κ3) is 4.19. The van der Waals surface area contributed by atoms with E-state index in [0.29, 0.717) is 17.6 Å². The van der Waals surface area contributed by atoms with Crippen LogP contribution in [0.3, 0.4) is 0 Å². The van der Waals surface area contributed by atoms with Crippen molar-refractivity contribution >= 4 is 11.8 Å². The molecule has 0 unspecified atom stereocenters. The molecule has 0 saturated carbocycles. The molecular weight excluding hydrogens is 214 g/mol. The van der Waals surface area contributed by atoms with Crippen LogP contribution in [0, 0.1) is 5.92 Å². The zero-order valence-electron chi connectivity index (χ0n) is 9.01. The third-order valence-corrected chi connectivity index (χ3v) is 3.04. The summed E-state index contributed by atoms with van der Waals surface area (Å²) in [6, 6.07) is -0.568. The summed E-state index contributed by atoms with van der Waals surface area (Å²) in [7, 11) is 0. The van der Waals surface area contributed by atoms with E-state index in [1.54, 1.807) is 11.8 Å². The summed E-state index contributed by atoms with van der Waals surface area (Å²) < 4.78 is 4.92. The summed E-state index contributed by atoms with van der Waals surface area (Å²) in [6.45, 7) is 4.15. The topological polar surface area (TPSA) is 85.2 Å². The lowest BCUT2D eigenvalue weighted by Gasteiger charge is -2.01. The van der Waals surface area contributed by atoms with Gasteiger partial charge < -0.3 is 15.4 Å². The molecule has 1 heterocycles. The van der Waals surface area contributed by atoms with Crippen LogP contribution in [0.4, 0.5) is 0 Å². The summed E-state index contributed by atoms with van der Waals surface area (Å²) >= 11 is 1.76. The maximum Gasteiger partial charge on any atom is 0.245 e. The van der Waals surface area contributed by atoms with Crippen LogP contribution in [0.2, 0.25) is 0 Å². The molecule has 0 aliphatic rings. The molecule has 0 aliphatic heterocycles. The Hall–Kier alpha value is -0.590. The molecule has 0 aliphatic carbocycles. The van der Waals surface area contributed by atoms with Gasteiger partial charge in [-0.2, -0.15) is 16.7 Å². The standard InChI is InChI=1S/C9H17N3O2S/c1-6(2)4-15-5-8-11-9(14-12-8)7(10)3-13/h6-7,13H,3-5,10H2,1-2H3/t7-/m0/s1. The van der Waals surface area contributed by atoms with Crippen molar-refractivity contribution in [3.63, 3.8) is 0 Å². The van der Waals surface area contributed by atoms with Gasteiger partial charge in [0.2, 0.25) is 5.89 Å². The highest BCUT2D eigenvalue weighted by atomic mass is 32.2. The fourth-order valence-electron chi connectivity index (χ4n) is 0.941. The second-order valence-electron chi connectivity index (χ2n) is 3.75. The molecule has 0 radical (unpaired) electrons. The van der Waals surface area contributed by atoms with Gasteiger partial charge in [-0.05, 0) is 11.7 Å². The zero-order valence-corrected chi connectivity index (χ0v) is 9.83. The Bertz CT molecular complexity index is 291. The predicted molar refractivity (Wildman–Crippen MR) is 59.3 cm³/mol. The minimum Gasteiger partial charge on any atom is -0.394 e. The van der Waals surface area contributed by atoms with Crippen molar-refractivity contribution in [2.75, 3.05) is 12.4 Å². The molecule has 0 amide bonds. The van der Waals surface area contributed by atoms with Gasteiger partial charge >= 0.3 is 0 Å². The number of rotatable bonds is 6. The second-order valence-corrected chi connectivity index (χ2v) is 4.78. The number of hydrogen-bond acceptors (Lipinski definition) is 6.